The molecule has 0 amide bonds. The highest BCUT2D eigenvalue weighted by Gasteiger charge is 2.34. The van der Waals surface area contributed by atoms with E-state index in [1.165, 1.54) is 0 Å². The van der Waals surface area contributed by atoms with E-state index in [1.807, 2.05) is 6.92 Å². The van der Waals surface area contributed by atoms with Gasteiger partial charge in [-0.1, -0.05) is 0 Å². The number of aromatic nitrogens is 16. The molecule has 0 radical (unpaired) electrons. The van der Waals surface area contributed by atoms with Crippen molar-refractivity contribution >= 4 is 0 Å². The van der Waals surface area contributed by atoms with Crippen LogP contribution >= 0.6 is 0 Å². The van der Waals surface area contributed by atoms with Gasteiger partial charge in [0.2, 0.25) is 0 Å². The molecule has 9 aromatic rings. The van der Waals surface area contributed by atoms with Crippen LogP contribution in [0.4, 0.5) is 0 Å². The van der Waals surface area contributed by atoms with Gasteiger partial charge in [0.05, 0.1) is 77.5 Å². The standard InChI is InChI=1S/C39H24N16/c1-23-31(24-16-40-2-9-47-24)32(25-17-41-3-10-48-25)35(38(54-23)29-21-45-7-14-52-29)36-33(26-18-42-4-11-49-26)34(27-19-43-5-12-50-27)37(28-20-44-6-13-51-28)55-39(36)30-22-46-8-15-53-30/h2-22H,1H3. The van der Waals surface area contributed by atoms with Crippen LogP contribution in [0.15, 0.2) is 130 Å². The molecular weight excluding hydrogens is 693 g/mol. The molecule has 0 aliphatic carbocycles. The minimum absolute atomic E-state index is 0.410. The van der Waals surface area contributed by atoms with Gasteiger partial charge in [0.25, 0.3) is 0 Å². The van der Waals surface area contributed by atoms with E-state index in [2.05, 4.69) is 34.9 Å². The van der Waals surface area contributed by atoms with Crippen molar-refractivity contribution in [3.05, 3.63) is 136 Å². The highest BCUT2D eigenvalue weighted by Crippen LogP contribution is 2.52. The summed E-state index contributed by atoms with van der Waals surface area (Å²) in [5, 5.41) is 0. The molecule has 16 heteroatoms. The number of pyridine rings is 2. The number of hydrogen-bond acceptors (Lipinski definition) is 16. The predicted molar refractivity (Wildman–Crippen MR) is 199 cm³/mol. The summed E-state index contributed by atoms with van der Waals surface area (Å²) in [5.41, 5.74) is 8.85. The van der Waals surface area contributed by atoms with E-state index in [9.17, 15) is 0 Å². The second-order valence-electron chi connectivity index (χ2n) is 11.7. The highest BCUT2D eigenvalue weighted by molar-refractivity contribution is 6.10. The van der Waals surface area contributed by atoms with Gasteiger partial charge in [-0.2, -0.15) is 0 Å². The summed E-state index contributed by atoms with van der Waals surface area (Å²) in [7, 11) is 0. The Balaban J connectivity index is 1.59. The average Bonchev–Trinajstić information content (AvgIpc) is 3.27. The Morgan fingerprint density at radius 2 is 0.527 bits per heavy atom. The summed E-state index contributed by atoms with van der Waals surface area (Å²) in [6.45, 7) is 1.90. The summed E-state index contributed by atoms with van der Waals surface area (Å²) in [4.78, 5) is 75.4. The quantitative estimate of drug-likeness (QED) is 0.186. The Hall–Kier alpha value is -8.14. The van der Waals surface area contributed by atoms with Crippen LogP contribution in [0.2, 0.25) is 0 Å². The van der Waals surface area contributed by atoms with Crippen molar-refractivity contribution in [1.82, 2.24) is 79.7 Å². The molecule has 16 nitrogen and oxygen atoms in total. The second-order valence-corrected chi connectivity index (χ2v) is 11.7. The number of aryl methyl sites for hydroxylation is 1. The van der Waals surface area contributed by atoms with E-state index in [0.29, 0.717) is 96.0 Å². The smallest absolute Gasteiger partial charge is 0.108 e. The molecule has 0 saturated heterocycles. The SMILES string of the molecule is Cc1nc(-c2cnccn2)c(-c2c(-c3cnccn3)nc(-c3cnccn3)c(-c3cnccn3)c2-c2cnccn2)c(-c2cnccn2)c1-c1cnccn1. The molecule has 9 rings (SSSR count). The molecule has 260 valence electrons. The minimum Gasteiger partial charge on any atom is -0.261 e. The molecule has 9 heterocycles. The van der Waals surface area contributed by atoms with E-state index in [-0.39, 0.29) is 0 Å². The molecule has 0 saturated carbocycles. The zero-order valence-corrected chi connectivity index (χ0v) is 28.8. The van der Waals surface area contributed by atoms with Gasteiger partial charge in [-0.15, -0.1) is 0 Å². The molecule has 9 aromatic heterocycles. The van der Waals surface area contributed by atoms with Gasteiger partial charge in [-0.25, -0.2) is 4.98 Å². The fourth-order valence-corrected chi connectivity index (χ4v) is 6.38. The van der Waals surface area contributed by atoms with Gasteiger partial charge in [-0.05, 0) is 6.92 Å². The largest absolute Gasteiger partial charge is 0.261 e. The van der Waals surface area contributed by atoms with Gasteiger partial charge >= 0.3 is 0 Å². The molecule has 0 atom stereocenters. The topological polar surface area (TPSA) is 206 Å². The van der Waals surface area contributed by atoms with Crippen LogP contribution in [-0.4, -0.2) is 79.7 Å². The molecule has 0 N–H and O–H groups in total. The summed E-state index contributed by atoms with van der Waals surface area (Å²) in [6, 6.07) is 0. The first kappa shape index (κ1) is 32.7. The van der Waals surface area contributed by atoms with Crippen molar-refractivity contribution < 1.29 is 0 Å². The van der Waals surface area contributed by atoms with E-state index in [1.54, 1.807) is 130 Å². The van der Waals surface area contributed by atoms with Gasteiger partial charge in [0, 0.05) is 126 Å². The van der Waals surface area contributed by atoms with Crippen molar-refractivity contribution in [2.45, 2.75) is 6.92 Å². The second kappa shape index (κ2) is 14.5. The number of hydrogen-bond donors (Lipinski definition) is 0. The summed E-state index contributed by atoms with van der Waals surface area (Å²) < 4.78 is 0. The molecule has 0 aliphatic heterocycles. The van der Waals surface area contributed by atoms with E-state index >= 15 is 0 Å². The molecule has 0 aliphatic rings. The lowest BCUT2D eigenvalue weighted by atomic mass is 9.82. The third-order valence-electron chi connectivity index (χ3n) is 8.52. The molecule has 55 heavy (non-hydrogen) atoms. The fourth-order valence-electron chi connectivity index (χ4n) is 6.38. The average molecular weight is 717 g/mol. The molecule has 0 unspecified atom stereocenters. The van der Waals surface area contributed by atoms with Gasteiger partial charge in [0.15, 0.2) is 0 Å². The first-order chi connectivity index (χ1) is 27.3. The lowest BCUT2D eigenvalue weighted by molar-refractivity contribution is 1.12. The van der Waals surface area contributed by atoms with Gasteiger partial charge in [-0.3, -0.25) is 74.8 Å². The summed E-state index contributed by atoms with van der Waals surface area (Å²) in [5.74, 6) is 0. The molecule has 0 fully saturated rings. The Bertz CT molecular complexity index is 2730. The van der Waals surface area contributed by atoms with E-state index in [4.69, 9.17) is 44.9 Å². The Labute approximate surface area is 312 Å². The van der Waals surface area contributed by atoms with Crippen LogP contribution in [0.25, 0.3) is 90.3 Å². The maximum Gasteiger partial charge on any atom is 0.108 e. The maximum atomic E-state index is 5.40. The third-order valence-corrected chi connectivity index (χ3v) is 8.52. The van der Waals surface area contributed by atoms with Crippen molar-refractivity contribution in [2.75, 3.05) is 0 Å². The lowest BCUT2D eigenvalue weighted by Crippen LogP contribution is -2.09. The van der Waals surface area contributed by atoms with Crippen molar-refractivity contribution in [3.63, 3.8) is 0 Å². The van der Waals surface area contributed by atoms with Crippen molar-refractivity contribution in [3.8, 4) is 90.3 Å². The van der Waals surface area contributed by atoms with Gasteiger partial charge in [0.1, 0.15) is 22.8 Å². The zero-order valence-electron chi connectivity index (χ0n) is 28.8. The Kier molecular flexibility index (Phi) is 8.62. The Morgan fingerprint density at radius 3 is 0.873 bits per heavy atom. The molecule has 0 aromatic carbocycles. The maximum absolute atomic E-state index is 5.40. The molecular formula is C39H24N16. The van der Waals surface area contributed by atoms with E-state index in [0.717, 1.165) is 0 Å². The van der Waals surface area contributed by atoms with Crippen molar-refractivity contribution in [1.29, 1.82) is 0 Å². The Morgan fingerprint density at radius 1 is 0.255 bits per heavy atom. The van der Waals surface area contributed by atoms with Crippen LogP contribution in [0.1, 0.15) is 5.69 Å². The fraction of sp³-hybridized carbons (Fsp3) is 0.0256. The van der Waals surface area contributed by atoms with Crippen molar-refractivity contribution in [2.24, 2.45) is 0 Å². The van der Waals surface area contributed by atoms with Gasteiger partial charge < -0.3 is 0 Å². The first-order valence-electron chi connectivity index (χ1n) is 16.7. The lowest BCUT2D eigenvalue weighted by Gasteiger charge is -2.25. The number of nitrogens with zero attached hydrogens (tertiary/aromatic N) is 16. The number of rotatable bonds is 8. The van der Waals surface area contributed by atoms with Crippen LogP contribution in [0.3, 0.4) is 0 Å². The monoisotopic (exact) mass is 716 g/mol. The third kappa shape index (κ3) is 6.14. The van der Waals surface area contributed by atoms with Crippen LogP contribution < -0.4 is 0 Å². The minimum atomic E-state index is 0.410. The van der Waals surface area contributed by atoms with Crippen LogP contribution in [0, 0.1) is 6.92 Å². The van der Waals surface area contributed by atoms with E-state index < -0.39 is 0 Å². The molecule has 0 bridgehead atoms. The van der Waals surface area contributed by atoms with Crippen LogP contribution in [-0.2, 0) is 0 Å². The normalized spacial score (nSPS) is 11.0. The molecule has 0 spiro atoms. The predicted octanol–water partition coefficient (Wildman–Crippen LogP) is 5.65. The highest BCUT2D eigenvalue weighted by atomic mass is 14.9. The summed E-state index contributed by atoms with van der Waals surface area (Å²) >= 11 is 0. The summed E-state index contributed by atoms with van der Waals surface area (Å²) in [6.07, 6.45) is 34.2. The van der Waals surface area contributed by atoms with Crippen LogP contribution in [0.5, 0.6) is 0 Å². The first-order valence-corrected chi connectivity index (χ1v) is 16.7. The zero-order chi connectivity index (χ0) is 37.0.